The summed E-state index contributed by atoms with van der Waals surface area (Å²) in [5, 5.41) is 0. The first-order valence-corrected chi connectivity index (χ1v) is 17.0. The van der Waals surface area contributed by atoms with Crippen LogP contribution in [0.4, 0.5) is 0 Å². The Bertz CT molecular complexity index is 2310. The quantitative estimate of drug-likeness (QED) is 0.164. The third-order valence-electron chi connectivity index (χ3n) is 10.5. The van der Waals surface area contributed by atoms with E-state index in [0.29, 0.717) is 29.2 Å². The number of aromatic nitrogens is 5. The van der Waals surface area contributed by atoms with Gasteiger partial charge in [0.2, 0.25) is 0 Å². The number of allylic oxidation sites excluding steroid dienone is 2. The second-order valence-electron chi connectivity index (χ2n) is 13.3. The predicted octanol–water partition coefficient (Wildman–Crippen LogP) is 9.95. The normalized spacial score (nSPS) is 19.9. The number of hydrogen-bond donors (Lipinski definition) is 0. The van der Waals surface area contributed by atoms with Gasteiger partial charge in [-0.25, -0.2) is 24.9 Å². The van der Waals surface area contributed by atoms with E-state index in [2.05, 4.69) is 72.8 Å². The summed E-state index contributed by atoms with van der Waals surface area (Å²) in [6.07, 6.45) is 3.80. The average Bonchev–Trinajstić information content (AvgIpc) is 3.18. The van der Waals surface area contributed by atoms with Gasteiger partial charge in [-0.2, -0.15) is 0 Å². The molecule has 4 atom stereocenters. The van der Waals surface area contributed by atoms with Crippen molar-refractivity contribution in [3.8, 4) is 68.1 Å². The van der Waals surface area contributed by atoms with Crippen molar-refractivity contribution in [3.05, 3.63) is 163 Å². The van der Waals surface area contributed by atoms with Crippen LogP contribution in [-0.4, -0.2) is 24.9 Å². The zero-order valence-electron chi connectivity index (χ0n) is 26.7. The summed E-state index contributed by atoms with van der Waals surface area (Å²) in [4.78, 5) is 25.2. The molecule has 0 N–H and O–H groups in total. The van der Waals surface area contributed by atoms with E-state index < -0.39 is 0 Å². The summed E-state index contributed by atoms with van der Waals surface area (Å²) < 4.78 is 0. The fraction of sp³-hybridized carbons (Fsp3) is 0.114. The number of rotatable bonds is 7. The van der Waals surface area contributed by atoms with Crippen molar-refractivity contribution in [3.63, 3.8) is 0 Å². The van der Waals surface area contributed by atoms with Crippen LogP contribution in [-0.2, 0) is 0 Å². The van der Waals surface area contributed by atoms with E-state index in [-0.39, 0.29) is 0 Å². The first-order valence-electron chi connectivity index (χ1n) is 17.0. The molecule has 0 radical (unpaired) electrons. The van der Waals surface area contributed by atoms with Crippen LogP contribution in [0.1, 0.15) is 17.9 Å². The van der Waals surface area contributed by atoms with Crippen LogP contribution in [0.5, 0.6) is 0 Å². The van der Waals surface area contributed by atoms with Crippen molar-refractivity contribution in [2.75, 3.05) is 0 Å². The Morgan fingerprint density at radius 2 is 0.857 bits per heavy atom. The summed E-state index contributed by atoms with van der Waals surface area (Å²) in [7, 11) is 0. The fourth-order valence-electron chi connectivity index (χ4n) is 7.97. The van der Waals surface area contributed by atoms with Gasteiger partial charge in [0.05, 0.1) is 11.4 Å². The highest BCUT2D eigenvalue weighted by atomic mass is 15.0. The highest BCUT2D eigenvalue weighted by Crippen LogP contribution is 2.71. The topological polar surface area (TPSA) is 64.5 Å². The molecule has 2 heterocycles. The van der Waals surface area contributed by atoms with Crippen LogP contribution in [0.15, 0.2) is 157 Å². The Balaban J connectivity index is 1.06. The molecule has 0 amide bonds. The smallest absolute Gasteiger partial charge is 0.164 e. The van der Waals surface area contributed by atoms with Crippen LogP contribution in [0.3, 0.4) is 0 Å². The van der Waals surface area contributed by atoms with Crippen molar-refractivity contribution in [1.82, 2.24) is 24.9 Å². The lowest BCUT2D eigenvalue weighted by Crippen LogP contribution is -2.58. The molecule has 5 heteroatoms. The van der Waals surface area contributed by atoms with Crippen LogP contribution in [0.25, 0.3) is 68.1 Å². The number of nitrogens with zero attached hydrogens (tertiary/aromatic N) is 5. The van der Waals surface area contributed by atoms with E-state index in [1.54, 1.807) is 5.57 Å². The average molecular weight is 630 g/mol. The first kappa shape index (κ1) is 28.0. The van der Waals surface area contributed by atoms with Crippen LogP contribution in [0, 0.1) is 17.8 Å². The molecule has 3 aliphatic carbocycles. The minimum Gasteiger partial charge on any atom is -0.228 e. The molecule has 0 saturated heterocycles. The van der Waals surface area contributed by atoms with Crippen molar-refractivity contribution >= 4 is 0 Å². The van der Waals surface area contributed by atoms with Gasteiger partial charge in [0.25, 0.3) is 0 Å². The summed E-state index contributed by atoms with van der Waals surface area (Å²) in [5.41, 5.74) is 10.7. The van der Waals surface area contributed by atoms with Crippen LogP contribution >= 0.6 is 0 Å². The summed E-state index contributed by atoms with van der Waals surface area (Å²) in [6, 6.07) is 49.8. The summed E-state index contributed by atoms with van der Waals surface area (Å²) in [5.74, 6) is 5.71. The Morgan fingerprint density at radius 1 is 0.388 bits per heavy atom. The Kier molecular flexibility index (Phi) is 6.44. The lowest BCUT2D eigenvalue weighted by atomic mass is 9.37. The van der Waals surface area contributed by atoms with Gasteiger partial charge in [0, 0.05) is 33.4 Å². The second kappa shape index (κ2) is 11.3. The van der Waals surface area contributed by atoms with Crippen LogP contribution in [0.2, 0.25) is 0 Å². The molecule has 49 heavy (non-hydrogen) atoms. The minimum absolute atomic E-state index is 0.612. The monoisotopic (exact) mass is 629 g/mol. The second-order valence-corrected chi connectivity index (χ2v) is 13.3. The maximum absolute atomic E-state index is 5.06. The molecule has 7 aromatic rings. The van der Waals surface area contributed by atoms with Crippen molar-refractivity contribution < 1.29 is 0 Å². The van der Waals surface area contributed by atoms with E-state index >= 15 is 0 Å². The van der Waals surface area contributed by atoms with Crippen molar-refractivity contribution in [2.45, 2.75) is 12.3 Å². The van der Waals surface area contributed by atoms with Gasteiger partial charge < -0.3 is 0 Å². The molecule has 232 valence electrons. The van der Waals surface area contributed by atoms with Gasteiger partial charge in [-0.15, -0.1) is 0 Å². The van der Waals surface area contributed by atoms with Gasteiger partial charge in [0.15, 0.2) is 23.3 Å². The predicted molar refractivity (Wildman–Crippen MR) is 194 cm³/mol. The van der Waals surface area contributed by atoms with Gasteiger partial charge >= 0.3 is 0 Å². The van der Waals surface area contributed by atoms with E-state index in [0.717, 1.165) is 62.5 Å². The van der Waals surface area contributed by atoms with Gasteiger partial charge in [0.1, 0.15) is 0 Å². The molecule has 0 aliphatic heterocycles. The van der Waals surface area contributed by atoms with E-state index in [1.165, 1.54) is 12.0 Å². The lowest BCUT2D eigenvalue weighted by molar-refractivity contribution is -0.00598. The minimum atomic E-state index is 0.612. The van der Waals surface area contributed by atoms with E-state index in [4.69, 9.17) is 24.9 Å². The molecule has 4 unspecified atom stereocenters. The van der Waals surface area contributed by atoms with Gasteiger partial charge in [-0.05, 0) is 47.8 Å². The molecule has 10 rings (SSSR count). The Morgan fingerprint density at radius 3 is 1.35 bits per heavy atom. The van der Waals surface area contributed by atoms with E-state index in [1.807, 2.05) is 78.9 Å². The highest BCUT2D eigenvalue weighted by Gasteiger charge is 2.62. The van der Waals surface area contributed by atoms with Gasteiger partial charge in [-0.3, -0.25) is 0 Å². The molecule has 2 fully saturated rings. The maximum atomic E-state index is 5.06. The SMILES string of the molecule is C1=C2CC3C2C1C3c1ccc(-c2nc(-c3ccccc3)nc(-c3cccc(-c4nc(-c5ccccc5)cc(-c5ccccc5)n4)c3)n2)cc1. The zero-order chi connectivity index (χ0) is 32.3. The molecule has 2 saturated carbocycles. The highest BCUT2D eigenvalue weighted by molar-refractivity contribution is 5.74. The molecule has 0 spiro atoms. The van der Waals surface area contributed by atoms with Gasteiger partial charge in [-0.1, -0.05) is 145 Å². The number of hydrogen-bond acceptors (Lipinski definition) is 5. The molecule has 2 aromatic heterocycles. The summed E-state index contributed by atoms with van der Waals surface area (Å²) >= 11 is 0. The molecular formula is C44H31N5. The Labute approximate surface area is 285 Å². The van der Waals surface area contributed by atoms with Crippen molar-refractivity contribution in [1.29, 1.82) is 0 Å². The maximum Gasteiger partial charge on any atom is 0.164 e. The van der Waals surface area contributed by atoms with E-state index in [9.17, 15) is 0 Å². The molecule has 3 aliphatic rings. The van der Waals surface area contributed by atoms with Crippen LogP contribution < -0.4 is 0 Å². The largest absolute Gasteiger partial charge is 0.228 e. The third kappa shape index (κ3) is 4.81. The van der Waals surface area contributed by atoms with Crippen molar-refractivity contribution in [2.24, 2.45) is 17.8 Å². The number of benzene rings is 5. The lowest BCUT2D eigenvalue weighted by Gasteiger charge is -2.67. The Hall–Kier alpha value is -6.07. The summed E-state index contributed by atoms with van der Waals surface area (Å²) in [6.45, 7) is 0. The fourth-order valence-corrected chi connectivity index (χ4v) is 7.97. The first-order chi connectivity index (χ1) is 24.2. The molecular weight excluding hydrogens is 599 g/mol. The molecule has 0 bridgehead atoms. The molecule has 5 nitrogen and oxygen atoms in total. The molecule has 5 aromatic carbocycles. The standard InChI is InChI=1S/C44H31N5/c1-4-11-27(12-5-1)37-26-38(28-13-6-2-7-14-28)46-43(45-37)32-17-10-18-33(23-32)44-48-41(30-15-8-3-9-16-30)47-42(49-44)31-21-19-29(20-22-31)39-35-24-34-25-36(39)40(34)35/h1-24,26,35-36,39-40H,25H2. The zero-order valence-corrected chi connectivity index (χ0v) is 26.7. The third-order valence-corrected chi connectivity index (χ3v) is 10.5.